The van der Waals surface area contributed by atoms with Crippen LogP contribution in [0.5, 0.6) is 5.75 Å². The first kappa shape index (κ1) is 19.9. The van der Waals surface area contributed by atoms with Crippen molar-refractivity contribution < 1.29 is 4.74 Å². The monoisotopic (exact) mass is 408 g/mol. The first-order chi connectivity index (χ1) is 14.2. The van der Waals surface area contributed by atoms with Gasteiger partial charge < -0.3 is 9.72 Å². The van der Waals surface area contributed by atoms with Gasteiger partial charge in [-0.1, -0.05) is 42.5 Å². The van der Waals surface area contributed by atoms with Crippen LogP contribution < -0.4 is 10.3 Å². The molecule has 1 fully saturated rings. The maximum Gasteiger partial charge on any atom is 0.255 e. The van der Waals surface area contributed by atoms with Crippen LogP contribution in [0.3, 0.4) is 0 Å². The third-order valence-electron chi connectivity index (χ3n) is 6.43. The fourth-order valence-electron chi connectivity index (χ4n) is 4.88. The summed E-state index contributed by atoms with van der Waals surface area (Å²) in [6, 6.07) is 7.88. The van der Waals surface area contributed by atoms with E-state index in [1.165, 1.54) is 12.8 Å². The second kappa shape index (κ2) is 8.95. The van der Waals surface area contributed by atoms with E-state index in [1.807, 2.05) is 24.3 Å². The molecule has 0 aliphatic heterocycles. The average molecular weight is 409 g/mol. The molecule has 1 aromatic carbocycles. The molecular weight excluding hydrogens is 380 g/mol. The molecule has 2 aliphatic carbocycles. The van der Waals surface area contributed by atoms with Crippen LogP contribution in [-0.4, -0.2) is 17.1 Å². The molecule has 1 aromatic heterocycles. The van der Waals surface area contributed by atoms with E-state index in [-0.39, 0.29) is 5.56 Å². The summed E-state index contributed by atoms with van der Waals surface area (Å²) in [4.78, 5) is 18.9. The van der Waals surface area contributed by atoms with E-state index in [0.717, 1.165) is 47.8 Å². The standard InChI is InChI=1S/C24H28N2O2S/c1-28-21-10-6-5-9-19(21)15-20-22(25-24(29)26-23(20)27)18-13-11-17(12-14-18)16-7-3-2-4-8-16/h2-7,9-10,16-18H,8,11-15H2,1H3,(H2,25,26,27,29). The Hall–Kier alpha value is -2.40. The van der Waals surface area contributed by atoms with Crippen molar-refractivity contribution in [3.8, 4) is 5.75 Å². The van der Waals surface area contributed by atoms with Crippen LogP contribution in [0.4, 0.5) is 0 Å². The highest BCUT2D eigenvalue weighted by atomic mass is 32.1. The van der Waals surface area contributed by atoms with Gasteiger partial charge in [-0.15, -0.1) is 0 Å². The lowest BCUT2D eigenvalue weighted by atomic mass is 9.72. The first-order valence-corrected chi connectivity index (χ1v) is 10.9. The van der Waals surface area contributed by atoms with Crippen LogP contribution in [-0.2, 0) is 6.42 Å². The second-order valence-corrected chi connectivity index (χ2v) is 8.52. The maximum atomic E-state index is 12.8. The number of benzene rings is 1. The van der Waals surface area contributed by atoms with Crippen molar-refractivity contribution in [2.75, 3.05) is 7.11 Å². The van der Waals surface area contributed by atoms with Gasteiger partial charge in [0.15, 0.2) is 4.77 Å². The number of H-pyrrole nitrogens is 2. The lowest BCUT2D eigenvalue weighted by Crippen LogP contribution is -2.25. The molecular formula is C24H28N2O2S. The Labute approximate surface area is 176 Å². The number of hydrogen-bond acceptors (Lipinski definition) is 3. The van der Waals surface area contributed by atoms with Crippen LogP contribution in [0.2, 0.25) is 0 Å². The summed E-state index contributed by atoms with van der Waals surface area (Å²) in [5.74, 6) is 2.55. The predicted molar refractivity (Wildman–Crippen MR) is 119 cm³/mol. The van der Waals surface area contributed by atoms with Crippen LogP contribution in [0.25, 0.3) is 0 Å². The van der Waals surface area contributed by atoms with E-state index in [0.29, 0.717) is 23.0 Å². The fraction of sp³-hybridized carbons (Fsp3) is 0.417. The van der Waals surface area contributed by atoms with Crippen molar-refractivity contribution in [3.05, 3.63) is 80.5 Å². The Kier molecular flexibility index (Phi) is 6.14. The van der Waals surface area contributed by atoms with Gasteiger partial charge in [0, 0.05) is 17.7 Å². The fourth-order valence-corrected chi connectivity index (χ4v) is 5.08. The van der Waals surface area contributed by atoms with E-state index < -0.39 is 0 Å². The van der Waals surface area contributed by atoms with E-state index in [4.69, 9.17) is 17.0 Å². The number of allylic oxidation sites excluding steroid dienone is 4. The topological polar surface area (TPSA) is 57.9 Å². The number of para-hydroxylation sites is 1. The Morgan fingerprint density at radius 3 is 2.62 bits per heavy atom. The number of nitrogens with one attached hydrogen (secondary N) is 2. The highest BCUT2D eigenvalue weighted by Gasteiger charge is 2.29. The molecule has 1 atom stereocenters. The summed E-state index contributed by atoms with van der Waals surface area (Å²) < 4.78 is 5.91. The molecule has 0 radical (unpaired) electrons. The minimum Gasteiger partial charge on any atom is -0.496 e. The molecule has 0 bridgehead atoms. The Morgan fingerprint density at radius 1 is 1.10 bits per heavy atom. The summed E-state index contributed by atoms with van der Waals surface area (Å²) >= 11 is 5.30. The van der Waals surface area contributed by atoms with Crippen molar-refractivity contribution >= 4 is 12.2 Å². The van der Waals surface area contributed by atoms with E-state index >= 15 is 0 Å². The normalized spacial score (nSPS) is 23.8. The number of rotatable bonds is 5. The van der Waals surface area contributed by atoms with Gasteiger partial charge in [0.2, 0.25) is 0 Å². The molecule has 2 aromatic rings. The second-order valence-electron chi connectivity index (χ2n) is 8.11. The summed E-state index contributed by atoms with van der Waals surface area (Å²) in [5.41, 5.74) is 2.73. The molecule has 0 amide bonds. The van der Waals surface area contributed by atoms with Crippen LogP contribution >= 0.6 is 12.2 Å². The summed E-state index contributed by atoms with van der Waals surface area (Å²) in [7, 11) is 1.67. The Balaban J connectivity index is 1.58. The minimum absolute atomic E-state index is 0.0860. The number of hydrogen-bond donors (Lipinski definition) is 2. The SMILES string of the molecule is COc1ccccc1Cc1c(C2CCC(C3C=CC=CC3)CC2)[nH]c(=S)[nH]c1=O. The van der Waals surface area contributed by atoms with Gasteiger partial charge in [0.25, 0.3) is 5.56 Å². The Morgan fingerprint density at radius 2 is 1.90 bits per heavy atom. The maximum absolute atomic E-state index is 12.8. The quantitative estimate of drug-likeness (QED) is 0.648. The number of ether oxygens (including phenoxy) is 1. The average Bonchev–Trinajstić information content (AvgIpc) is 2.76. The molecule has 4 nitrogen and oxygen atoms in total. The number of aromatic nitrogens is 2. The zero-order chi connectivity index (χ0) is 20.2. The minimum atomic E-state index is -0.0860. The van der Waals surface area contributed by atoms with E-state index in [1.54, 1.807) is 7.11 Å². The molecule has 1 heterocycles. The van der Waals surface area contributed by atoms with Crippen molar-refractivity contribution in [3.63, 3.8) is 0 Å². The lowest BCUT2D eigenvalue weighted by Gasteiger charge is -2.33. The van der Waals surface area contributed by atoms with Gasteiger partial charge in [0.05, 0.1) is 7.11 Å². The molecule has 29 heavy (non-hydrogen) atoms. The molecule has 2 N–H and O–H groups in total. The molecule has 5 heteroatoms. The van der Waals surface area contributed by atoms with Gasteiger partial charge in [-0.2, -0.15) is 0 Å². The summed E-state index contributed by atoms with van der Waals surface area (Å²) in [6.45, 7) is 0. The van der Waals surface area contributed by atoms with Crippen molar-refractivity contribution in [2.45, 2.75) is 44.4 Å². The lowest BCUT2D eigenvalue weighted by molar-refractivity contribution is 0.262. The predicted octanol–water partition coefficient (Wildman–Crippen LogP) is 5.44. The van der Waals surface area contributed by atoms with Crippen molar-refractivity contribution in [1.82, 2.24) is 9.97 Å². The van der Waals surface area contributed by atoms with Gasteiger partial charge in [0.1, 0.15) is 5.75 Å². The van der Waals surface area contributed by atoms with Crippen LogP contribution in [0.1, 0.15) is 54.8 Å². The molecule has 2 aliphatic rings. The summed E-state index contributed by atoms with van der Waals surface area (Å²) in [6.07, 6.45) is 15.2. The zero-order valence-electron chi connectivity index (χ0n) is 16.8. The van der Waals surface area contributed by atoms with Gasteiger partial charge in [-0.3, -0.25) is 9.78 Å². The number of aromatic amines is 2. The smallest absolute Gasteiger partial charge is 0.255 e. The molecule has 0 saturated heterocycles. The number of methoxy groups -OCH3 is 1. The molecule has 1 unspecified atom stereocenters. The zero-order valence-corrected chi connectivity index (χ0v) is 17.6. The summed E-state index contributed by atoms with van der Waals surface area (Å²) in [5, 5.41) is 0. The van der Waals surface area contributed by atoms with E-state index in [9.17, 15) is 4.79 Å². The highest BCUT2D eigenvalue weighted by molar-refractivity contribution is 7.71. The molecule has 0 spiro atoms. The van der Waals surface area contributed by atoms with Gasteiger partial charge in [-0.25, -0.2) is 0 Å². The largest absolute Gasteiger partial charge is 0.496 e. The van der Waals surface area contributed by atoms with Crippen LogP contribution in [0.15, 0.2) is 53.4 Å². The van der Waals surface area contributed by atoms with Gasteiger partial charge >= 0.3 is 0 Å². The highest BCUT2D eigenvalue weighted by Crippen LogP contribution is 2.41. The third-order valence-corrected chi connectivity index (χ3v) is 6.64. The first-order valence-electron chi connectivity index (χ1n) is 10.5. The van der Waals surface area contributed by atoms with Crippen molar-refractivity contribution in [1.29, 1.82) is 0 Å². The van der Waals surface area contributed by atoms with Crippen LogP contribution in [0, 0.1) is 16.6 Å². The molecule has 4 rings (SSSR count). The Bertz CT molecular complexity index is 1030. The van der Waals surface area contributed by atoms with Crippen molar-refractivity contribution in [2.24, 2.45) is 11.8 Å². The third kappa shape index (κ3) is 4.45. The molecule has 1 saturated carbocycles. The van der Waals surface area contributed by atoms with Gasteiger partial charge in [-0.05, 0) is 73.7 Å². The van der Waals surface area contributed by atoms with E-state index in [2.05, 4.69) is 34.3 Å². The molecule has 152 valence electrons.